The summed E-state index contributed by atoms with van der Waals surface area (Å²) in [5.74, 6) is 0. The molecule has 2 unspecified atom stereocenters. The summed E-state index contributed by atoms with van der Waals surface area (Å²) in [4.78, 5) is -0.611. The first kappa shape index (κ1) is 15.3. The summed E-state index contributed by atoms with van der Waals surface area (Å²) in [5.41, 5.74) is -1.08. The largest absolute Gasteiger partial charge is 0.417 e. The Hall–Kier alpha value is -1.08. The second-order valence-electron chi connectivity index (χ2n) is 4.90. The van der Waals surface area contributed by atoms with Crippen LogP contribution >= 0.6 is 0 Å². The third-order valence-electron chi connectivity index (χ3n) is 3.72. The molecule has 1 fully saturated rings. The Morgan fingerprint density at radius 3 is 2.45 bits per heavy atom. The fraction of sp³-hybridized carbons (Fsp3) is 0.538. The number of nitrogens with one attached hydrogen (secondary N) is 1. The highest BCUT2D eigenvalue weighted by atomic mass is 32.2. The van der Waals surface area contributed by atoms with E-state index in [-0.39, 0.29) is 6.04 Å². The fourth-order valence-electron chi connectivity index (χ4n) is 2.74. The lowest BCUT2D eigenvalue weighted by Crippen LogP contribution is -2.38. The zero-order valence-electron chi connectivity index (χ0n) is 10.9. The SMILES string of the molecule is CNC1CCCC1S(=O)(=O)c1ccccc1C(F)(F)F. The molecule has 0 aliphatic heterocycles. The molecule has 1 aliphatic carbocycles. The minimum atomic E-state index is -4.67. The molecule has 1 N–H and O–H groups in total. The van der Waals surface area contributed by atoms with Gasteiger partial charge in [-0.25, -0.2) is 8.42 Å². The predicted molar refractivity (Wildman–Crippen MR) is 69.1 cm³/mol. The van der Waals surface area contributed by atoms with Crippen molar-refractivity contribution in [2.75, 3.05) is 7.05 Å². The molecule has 7 heteroatoms. The van der Waals surface area contributed by atoms with Gasteiger partial charge in [0.05, 0.1) is 15.7 Å². The van der Waals surface area contributed by atoms with Crippen molar-refractivity contribution in [2.24, 2.45) is 0 Å². The van der Waals surface area contributed by atoms with E-state index in [1.54, 1.807) is 7.05 Å². The van der Waals surface area contributed by atoms with E-state index in [4.69, 9.17) is 0 Å². The van der Waals surface area contributed by atoms with Crippen molar-refractivity contribution in [3.63, 3.8) is 0 Å². The maximum atomic E-state index is 13.0. The first-order chi connectivity index (χ1) is 9.28. The molecule has 1 aromatic carbocycles. The van der Waals surface area contributed by atoms with Gasteiger partial charge < -0.3 is 5.32 Å². The minimum absolute atomic E-state index is 0.290. The molecular formula is C13H16F3NO2S. The molecule has 0 amide bonds. The zero-order valence-corrected chi connectivity index (χ0v) is 11.8. The summed E-state index contributed by atoms with van der Waals surface area (Å²) >= 11 is 0. The van der Waals surface area contributed by atoms with Crippen molar-refractivity contribution in [3.05, 3.63) is 29.8 Å². The molecule has 2 atom stereocenters. The highest BCUT2D eigenvalue weighted by Crippen LogP contribution is 2.38. The van der Waals surface area contributed by atoms with Crippen LogP contribution in [0.4, 0.5) is 13.2 Å². The van der Waals surface area contributed by atoms with E-state index in [2.05, 4.69) is 5.32 Å². The van der Waals surface area contributed by atoms with Gasteiger partial charge in [-0.1, -0.05) is 18.6 Å². The lowest BCUT2D eigenvalue weighted by molar-refractivity contribution is -0.139. The third kappa shape index (κ3) is 2.69. The summed E-state index contributed by atoms with van der Waals surface area (Å²) in [6, 6.07) is 4.10. The number of alkyl halides is 3. The van der Waals surface area contributed by atoms with Crippen LogP contribution in [0.3, 0.4) is 0 Å². The Morgan fingerprint density at radius 1 is 1.20 bits per heavy atom. The summed E-state index contributed by atoms with van der Waals surface area (Å²) in [6.07, 6.45) is -2.92. The Morgan fingerprint density at radius 2 is 1.85 bits per heavy atom. The molecule has 0 saturated heterocycles. The standard InChI is InChI=1S/C13H16F3NO2S/c1-17-10-6-4-8-12(10)20(18,19)11-7-3-2-5-9(11)13(14,15)16/h2-3,5,7,10,12,17H,4,6,8H2,1H3. The number of sulfone groups is 1. The van der Waals surface area contributed by atoms with Crippen LogP contribution in [-0.4, -0.2) is 26.8 Å². The van der Waals surface area contributed by atoms with Crippen molar-refractivity contribution in [1.82, 2.24) is 5.32 Å². The number of benzene rings is 1. The molecule has 0 spiro atoms. The van der Waals surface area contributed by atoms with Crippen LogP contribution in [0.2, 0.25) is 0 Å². The van der Waals surface area contributed by atoms with E-state index in [0.717, 1.165) is 12.1 Å². The molecule has 2 rings (SSSR count). The Labute approximate surface area is 116 Å². The summed E-state index contributed by atoms with van der Waals surface area (Å²) in [6.45, 7) is 0. The predicted octanol–water partition coefficient (Wildman–Crippen LogP) is 2.62. The van der Waals surface area contributed by atoms with E-state index in [0.29, 0.717) is 19.3 Å². The van der Waals surface area contributed by atoms with Crippen molar-refractivity contribution in [2.45, 2.75) is 41.6 Å². The number of rotatable bonds is 3. The van der Waals surface area contributed by atoms with E-state index in [1.165, 1.54) is 12.1 Å². The van der Waals surface area contributed by atoms with Crippen LogP contribution in [0.15, 0.2) is 29.2 Å². The normalized spacial score (nSPS) is 24.0. The van der Waals surface area contributed by atoms with E-state index in [9.17, 15) is 21.6 Å². The second-order valence-corrected chi connectivity index (χ2v) is 7.04. The molecule has 0 radical (unpaired) electrons. The topological polar surface area (TPSA) is 46.2 Å². The van der Waals surface area contributed by atoms with Gasteiger partial charge >= 0.3 is 6.18 Å². The van der Waals surface area contributed by atoms with Gasteiger partial charge in [0.25, 0.3) is 0 Å². The van der Waals surface area contributed by atoms with Gasteiger partial charge in [0.15, 0.2) is 9.84 Å². The van der Waals surface area contributed by atoms with Gasteiger partial charge in [-0.15, -0.1) is 0 Å². The van der Waals surface area contributed by atoms with Crippen molar-refractivity contribution >= 4 is 9.84 Å². The third-order valence-corrected chi connectivity index (χ3v) is 6.05. The number of hydrogen-bond acceptors (Lipinski definition) is 3. The first-order valence-electron chi connectivity index (χ1n) is 6.36. The molecule has 112 valence electrons. The Balaban J connectivity index is 2.50. The van der Waals surface area contributed by atoms with Crippen LogP contribution in [0.1, 0.15) is 24.8 Å². The van der Waals surface area contributed by atoms with Crippen molar-refractivity contribution < 1.29 is 21.6 Å². The average molecular weight is 307 g/mol. The number of halogens is 3. The lowest BCUT2D eigenvalue weighted by atomic mass is 10.2. The summed E-state index contributed by atoms with van der Waals surface area (Å²) in [5, 5.41) is 2.09. The summed E-state index contributed by atoms with van der Waals surface area (Å²) < 4.78 is 64.0. The Kier molecular flexibility index (Phi) is 4.11. The minimum Gasteiger partial charge on any atom is -0.316 e. The van der Waals surface area contributed by atoms with E-state index in [1.807, 2.05) is 0 Å². The van der Waals surface area contributed by atoms with Crippen molar-refractivity contribution in [3.8, 4) is 0 Å². The van der Waals surface area contributed by atoms with Crippen molar-refractivity contribution in [1.29, 1.82) is 0 Å². The van der Waals surface area contributed by atoms with E-state index < -0.39 is 31.7 Å². The molecule has 0 heterocycles. The highest BCUT2D eigenvalue weighted by Gasteiger charge is 2.43. The molecular weight excluding hydrogens is 291 g/mol. The fourth-order valence-corrected chi connectivity index (χ4v) is 5.01. The Bertz CT molecular complexity index is 584. The molecule has 0 aromatic heterocycles. The highest BCUT2D eigenvalue weighted by molar-refractivity contribution is 7.92. The van der Waals surface area contributed by atoms with Gasteiger partial charge in [0.2, 0.25) is 0 Å². The average Bonchev–Trinajstić information content (AvgIpc) is 2.86. The van der Waals surface area contributed by atoms with Crippen LogP contribution in [0.5, 0.6) is 0 Å². The smallest absolute Gasteiger partial charge is 0.316 e. The maximum Gasteiger partial charge on any atom is 0.417 e. The van der Waals surface area contributed by atoms with Crippen LogP contribution in [-0.2, 0) is 16.0 Å². The second kappa shape index (κ2) is 5.37. The van der Waals surface area contributed by atoms with Crippen LogP contribution in [0, 0.1) is 0 Å². The van der Waals surface area contributed by atoms with Crippen LogP contribution in [0.25, 0.3) is 0 Å². The quantitative estimate of drug-likeness (QED) is 0.934. The molecule has 20 heavy (non-hydrogen) atoms. The molecule has 1 aliphatic rings. The van der Waals surface area contributed by atoms with Gasteiger partial charge in [-0.05, 0) is 32.0 Å². The zero-order chi connectivity index (χ0) is 15.0. The van der Waals surface area contributed by atoms with Crippen LogP contribution < -0.4 is 5.32 Å². The first-order valence-corrected chi connectivity index (χ1v) is 7.90. The van der Waals surface area contributed by atoms with Gasteiger partial charge in [-0.2, -0.15) is 13.2 Å². The molecule has 0 bridgehead atoms. The lowest BCUT2D eigenvalue weighted by Gasteiger charge is -2.21. The molecule has 3 nitrogen and oxygen atoms in total. The monoisotopic (exact) mass is 307 g/mol. The summed E-state index contributed by atoms with van der Waals surface area (Å²) in [7, 11) is -2.36. The van der Waals surface area contributed by atoms with Gasteiger partial charge in [0, 0.05) is 6.04 Å². The van der Waals surface area contributed by atoms with Gasteiger partial charge in [0.1, 0.15) is 0 Å². The molecule has 1 saturated carbocycles. The maximum absolute atomic E-state index is 13.0. The van der Waals surface area contributed by atoms with Gasteiger partial charge in [-0.3, -0.25) is 0 Å². The molecule has 1 aromatic rings. The van der Waals surface area contributed by atoms with E-state index >= 15 is 0 Å². The number of hydrogen-bond donors (Lipinski definition) is 1.